The third-order valence-electron chi connectivity index (χ3n) is 6.52. The quantitative estimate of drug-likeness (QED) is 0.361. The molecule has 1 aliphatic rings. The molecule has 1 saturated heterocycles. The fraction of sp³-hybridized carbons (Fsp3) is 0.467. The molecule has 2 unspecified atom stereocenters. The van der Waals surface area contributed by atoms with Gasteiger partial charge in [-0.05, 0) is 44.7 Å². The number of carbonyl (C=O) groups is 4. The predicted molar refractivity (Wildman–Crippen MR) is 151 cm³/mol. The molecule has 0 aliphatic carbocycles. The summed E-state index contributed by atoms with van der Waals surface area (Å²) in [6.45, 7) is 6.35. The van der Waals surface area contributed by atoms with Gasteiger partial charge in [0, 0.05) is 18.6 Å². The molecule has 0 spiro atoms. The molecule has 0 bridgehead atoms. The van der Waals surface area contributed by atoms with Crippen LogP contribution in [-0.4, -0.2) is 95.6 Å². The number of benzene rings is 2. The number of morpholine rings is 1. The maximum atomic E-state index is 13.8. The number of carbonyl (C=O) groups excluding carboxylic acids is 3. The van der Waals surface area contributed by atoms with Gasteiger partial charge < -0.3 is 20.5 Å². The van der Waals surface area contributed by atoms with Gasteiger partial charge in [0.1, 0.15) is 6.54 Å². The van der Waals surface area contributed by atoms with Crippen LogP contribution >= 0.6 is 0 Å². The number of hydrogen-bond acceptors (Lipinski definition) is 7. The fourth-order valence-electron chi connectivity index (χ4n) is 4.67. The maximum absolute atomic E-state index is 13.8. The summed E-state index contributed by atoms with van der Waals surface area (Å²) in [6, 6.07) is 17.5. The van der Waals surface area contributed by atoms with E-state index < -0.39 is 48.9 Å². The van der Waals surface area contributed by atoms with Crippen LogP contribution in [0.4, 0.5) is 0 Å². The number of imide groups is 1. The van der Waals surface area contributed by atoms with Gasteiger partial charge >= 0.3 is 5.97 Å². The maximum Gasteiger partial charge on any atom is 0.323 e. The number of rotatable bonds is 12. The Balaban J connectivity index is 1.75. The largest absolute Gasteiger partial charge is 0.480 e. The number of ether oxygens (including phenoxy) is 1. The number of carboxylic acid groups (broad SMARTS) is 1. The summed E-state index contributed by atoms with van der Waals surface area (Å²) in [6.07, 6.45) is 0.705. The lowest BCUT2D eigenvalue weighted by Crippen LogP contribution is -2.58. The Bertz CT molecular complexity index is 1130. The first-order chi connectivity index (χ1) is 19.0. The molecular formula is C30H40N4O6. The molecule has 1 fully saturated rings. The average Bonchev–Trinajstić information content (AvgIpc) is 2.93. The highest BCUT2D eigenvalue weighted by Gasteiger charge is 2.35. The minimum atomic E-state index is -1.31. The van der Waals surface area contributed by atoms with Gasteiger partial charge in [-0.3, -0.25) is 29.0 Å². The topological polar surface area (TPSA) is 128 Å². The van der Waals surface area contributed by atoms with Crippen LogP contribution in [0.1, 0.15) is 31.9 Å². The van der Waals surface area contributed by atoms with Crippen LogP contribution in [0.15, 0.2) is 60.7 Å². The number of carboxylic acids is 1. The lowest BCUT2D eigenvalue weighted by Gasteiger charge is -2.36. The smallest absolute Gasteiger partial charge is 0.323 e. The molecule has 0 saturated carbocycles. The summed E-state index contributed by atoms with van der Waals surface area (Å²) in [7, 11) is 0. The molecule has 1 aliphatic heterocycles. The number of aliphatic carboxylic acids is 1. The number of nitrogens with zero attached hydrogens (tertiary/aromatic N) is 2. The minimum Gasteiger partial charge on any atom is -0.480 e. The van der Waals surface area contributed by atoms with E-state index >= 15 is 0 Å². The van der Waals surface area contributed by atoms with Gasteiger partial charge in [-0.1, -0.05) is 60.7 Å². The average molecular weight is 553 g/mol. The van der Waals surface area contributed by atoms with E-state index in [1.54, 1.807) is 0 Å². The highest BCUT2D eigenvalue weighted by Crippen LogP contribution is 2.15. The van der Waals surface area contributed by atoms with Crippen LogP contribution in [0.2, 0.25) is 0 Å². The third-order valence-corrected chi connectivity index (χ3v) is 6.52. The van der Waals surface area contributed by atoms with Crippen molar-refractivity contribution in [2.45, 2.75) is 51.2 Å². The van der Waals surface area contributed by atoms with Crippen molar-refractivity contribution in [2.75, 3.05) is 39.4 Å². The molecular weight excluding hydrogens is 512 g/mol. The molecule has 1 heterocycles. The molecule has 3 amide bonds. The Morgan fingerprint density at radius 2 is 1.48 bits per heavy atom. The van der Waals surface area contributed by atoms with Crippen LogP contribution in [0, 0.1) is 0 Å². The zero-order chi connectivity index (χ0) is 29.1. The van der Waals surface area contributed by atoms with Gasteiger partial charge in [0.15, 0.2) is 0 Å². The van der Waals surface area contributed by atoms with Crippen molar-refractivity contribution in [2.24, 2.45) is 0 Å². The molecule has 2 aromatic rings. The van der Waals surface area contributed by atoms with Crippen LogP contribution in [0.3, 0.4) is 0 Å². The molecule has 10 nitrogen and oxygen atoms in total. The number of amides is 3. The van der Waals surface area contributed by atoms with Gasteiger partial charge in [0.05, 0.1) is 31.8 Å². The molecule has 3 rings (SSSR count). The van der Waals surface area contributed by atoms with Crippen molar-refractivity contribution in [1.82, 2.24) is 20.4 Å². The first kappa shape index (κ1) is 30.9. The number of nitrogens with one attached hydrogen (secondary N) is 2. The Morgan fingerprint density at radius 1 is 0.925 bits per heavy atom. The van der Waals surface area contributed by atoms with Crippen molar-refractivity contribution >= 4 is 23.7 Å². The van der Waals surface area contributed by atoms with Crippen molar-refractivity contribution < 1.29 is 29.0 Å². The van der Waals surface area contributed by atoms with Crippen molar-refractivity contribution in [1.29, 1.82) is 0 Å². The molecule has 216 valence electrons. The zero-order valence-corrected chi connectivity index (χ0v) is 23.5. The van der Waals surface area contributed by atoms with Crippen LogP contribution in [0.5, 0.6) is 0 Å². The van der Waals surface area contributed by atoms with E-state index in [4.69, 9.17) is 4.74 Å². The van der Waals surface area contributed by atoms with Crippen LogP contribution in [-0.2, 0) is 36.8 Å². The van der Waals surface area contributed by atoms with Gasteiger partial charge in [0.25, 0.3) is 0 Å². The molecule has 2 atom stereocenters. The Morgan fingerprint density at radius 3 is 2.00 bits per heavy atom. The first-order valence-corrected chi connectivity index (χ1v) is 13.5. The summed E-state index contributed by atoms with van der Waals surface area (Å²) in [5.74, 6) is -3.11. The monoisotopic (exact) mass is 552 g/mol. The Hall–Kier alpha value is -3.60. The van der Waals surface area contributed by atoms with E-state index in [9.17, 15) is 24.3 Å². The second kappa shape index (κ2) is 14.7. The van der Waals surface area contributed by atoms with E-state index in [0.717, 1.165) is 16.0 Å². The van der Waals surface area contributed by atoms with Gasteiger partial charge in [0.2, 0.25) is 17.7 Å². The molecule has 10 heteroatoms. The van der Waals surface area contributed by atoms with Crippen LogP contribution in [0.25, 0.3) is 0 Å². The highest BCUT2D eigenvalue weighted by atomic mass is 16.5. The highest BCUT2D eigenvalue weighted by molar-refractivity contribution is 6.02. The van der Waals surface area contributed by atoms with Crippen molar-refractivity contribution in [3.63, 3.8) is 0 Å². The summed E-state index contributed by atoms with van der Waals surface area (Å²) in [5, 5.41) is 15.5. The molecule has 0 aromatic heterocycles. The van der Waals surface area contributed by atoms with E-state index in [2.05, 4.69) is 10.6 Å². The van der Waals surface area contributed by atoms with Crippen LogP contribution < -0.4 is 10.6 Å². The summed E-state index contributed by atoms with van der Waals surface area (Å²) in [5.41, 5.74) is 1.46. The molecule has 2 aromatic carbocycles. The third kappa shape index (κ3) is 9.86. The molecule has 3 N–H and O–H groups in total. The Labute approximate surface area is 235 Å². The van der Waals surface area contributed by atoms with Gasteiger partial charge in [-0.15, -0.1) is 0 Å². The second-order valence-corrected chi connectivity index (χ2v) is 10.9. The standard InChI is InChI=1S/C30H40N4O6/c1-30(2,3)32-24(18-22-10-6-4-7-11-22)28(38)31-20-26(35)34(21-27(36)37)29(39)25(33-14-16-40-17-15-33)19-23-12-8-5-9-13-23/h4-13,24-25,32H,14-21H2,1-3H3,(H,31,38)(H,36,37). The fourth-order valence-corrected chi connectivity index (χ4v) is 4.67. The van der Waals surface area contributed by atoms with E-state index in [1.807, 2.05) is 86.3 Å². The normalized spacial score (nSPS) is 15.6. The minimum absolute atomic E-state index is 0.310. The lowest BCUT2D eigenvalue weighted by atomic mass is 10.0. The second-order valence-electron chi connectivity index (χ2n) is 10.9. The van der Waals surface area contributed by atoms with Crippen molar-refractivity contribution in [3.8, 4) is 0 Å². The molecule has 0 radical (unpaired) electrons. The first-order valence-electron chi connectivity index (χ1n) is 13.5. The Kier molecular flexibility index (Phi) is 11.4. The summed E-state index contributed by atoms with van der Waals surface area (Å²) < 4.78 is 5.44. The van der Waals surface area contributed by atoms with E-state index in [0.29, 0.717) is 39.1 Å². The summed E-state index contributed by atoms with van der Waals surface area (Å²) >= 11 is 0. The molecule has 40 heavy (non-hydrogen) atoms. The number of hydrogen-bond donors (Lipinski definition) is 3. The van der Waals surface area contributed by atoms with Crippen molar-refractivity contribution in [3.05, 3.63) is 71.8 Å². The lowest BCUT2D eigenvalue weighted by molar-refractivity contribution is -0.155. The summed E-state index contributed by atoms with van der Waals surface area (Å²) in [4.78, 5) is 54.6. The zero-order valence-electron chi connectivity index (χ0n) is 23.5. The SMILES string of the molecule is CC(C)(C)NC(Cc1ccccc1)C(=O)NCC(=O)N(CC(=O)O)C(=O)C(Cc1ccccc1)N1CCOCC1. The predicted octanol–water partition coefficient (Wildman–Crippen LogP) is 1.49. The van der Waals surface area contributed by atoms with Gasteiger partial charge in [-0.2, -0.15) is 0 Å². The van der Waals surface area contributed by atoms with Gasteiger partial charge in [-0.25, -0.2) is 0 Å². The van der Waals surface area contributed by atoms with E-state index in [-0.39, 0.29) is 5.54 Å². The van der Waals surface area contributed by atoms with E-state index in [1.165, 1.54) is 0 Å².